The Bertz CT molecular complexity index is 390. The molecule has 2 heterocycles. The highest BCUT2D eigenvalue weighted by atomic mass is 16.5. The van der Waals surface area contributed by atoms with E-state index in [4.69, 9.17) is 10.5 Å². The molecule has 21 heavy (non-hydrogen) atoms. The van der Waals surface area contributed by atoms with Crippen molar-refractivity contribution in [2.75, 3.05) is 39.4 Å². The summed E-state index contributed by atoms with van der Waals surface area (Å²) in [5, 5.41) is 9.18. The number of aliphatic hydroxyl groups is 1. The van der Waals surface area contributed by atoms with Crippen molar-refractivity contribution in [3.05, 3.63) is 0 Å². The Morgan fingerprint density at radius 2 is 2.14 bits per heavy atom. The monoisotopic (exact) mass is 299 g/mol. The zero-order valence-corrected chi connectivity index (χ0v) is 12.5. The van der Waals surface area contributed by atoms with Gasteiger partial charge in [-0.1, -0.05) is 0 Å². The molecular formula is C14H25N3O4. The summed E-state index contributed by atoms with van der Waals surface area (Å²) in [7, 11) is 0. The molecule has 2 fully saturated rings. The third-order valence-electron chi connectivity index (χ3n) is 4.35. The minimum Gasteiger partial charge on any atom is -0.394 e. The fraction of sp³-hybridized carbons (Fsp3) is 0.857. The molecular weight excluding hydrogens is 274 g/mol. The Kier molecular flexibility index (Phi) is 5.55. The summed E-state index contributed by atoms with van der Waals surface area (Å²) in [6.45, 7) is 4.45. The molecule has 0 aromatic carbocycles. The predicted octanol–water partition coefficient (Wildman–Crippen LogP) is -1.21. The molecule has 0 spiro atoms. The molecule has 0 aromatic heterocycles. The van der Waals surface area contributed by atoms with Crippen LogP contribution in [-0.4, -0.2) is 78.3 Å². The zero-order chi connectivity index (χ0) is 15.4. The number of morpholine rings is 1. The molecule has 2 saturated heterocycles. The first-order valence-electron chi connectivity index (χ1n) is 7.55. The van der Waals surface area contributed by atoms with Crippen molar-refractivity contribution in [1.29, 1.82) is 0 Å². The largest absolute Gasteiger partial charge is 0.394 e. The van der Waals surface area contributed by atoms with Gasteiger partial charge in [-0.15, -0.1) is 0 Å². The van der Waals surface area contributed by atoms with E-state index in [1.54, 1.807) is 4.90 Å². The Labute approximate surface area is 125 Å². The lowest BCUT2D eigenvalue weighted by molar-refractivity contribution is -0.140. The first-order chi connectivity index (χ1) is 10.0. The van der Waals surface area contributed by atoms with E-state index < -0.39 is 0 Å². The zero-order valence-electron chi connectivity index (χ0n) is 12.5. The van der Waals surface area contributed by atoms with Crippen molar-refractivity contribution < 1.29 is 19.4 Å². The van der Waals surface area contributed by atoms with Crippen molar-refractivity contribution in [3.63, 3.8) is 0 Å². The van der Waals surface area contributed by atoms with E-state index >= 15 is 0 Å². The standard InChI is InChI=1S/C14H25N3O4/c1-10-9-21-12(8-18)6-17(10)7-13(19)16-4-2-3-11(5-16)14(15)20/h10-12,18H,2-9H2,1H3,(H2,15,20). The molecule has 2 amide bonds. The lowest BCUT2D eigenvalue weighted by atomic mass is 9.97. The third kappa shape index (κ3) is 4.15. The number of amides is 2. The highest BCUT2D eigenvalue weighted by molar-refractivity contribution is 5.81. The van der Waals surface area contributed by atoms with Crippen molar-refractivity contribution in [1.82, 2.24) is 9.80 Å². The topological polar surface area (TPSA) is 96.1 Å². The van der Waals surface area contributed by atoms with Gasteiger partial charge in [-0.3, -0.25) is 14.5 Å². The molecule has 7 heteroatoms. The second-order valence-electron chi connectivity index (χ2n) is 6.00. The van der Waals surface area contributed by atoms with Crippen LogP contribution in [0.25, 0.3) is 0 Å². The van der Waals surface area contributed by atoms with Crippen LogP contribution in [0.15, 0.2) is 0 Å². The van der Waals surface area contributed by atoms with Crippen molar-refractivity contribution in [2.45, 2.75) is 31.9 Å². The number of carbonyl (C=O) groups is 2. The predicted molar refractivity (Wildman–Crippen MR) is 76.4 cm³/mol. The second kappa shape index (κ2) is 7.20. The van der Waals surface area contributed by atoms with Gasteiger partial charge in [-0.25, -0.2) is 0 Å². The molecule has 0 aliphatic carbocycles. The van der Waals surface area contributed by atoms with Crippen LogP contribution in [0.1, 0.15) is 19.8 Å². The number of likely N-dealkylation sites (tertiary alicyclic amines) is 1. The van der Waals surface area contributed by atoms with Crippen LogP contribution in [0.5, 0.6) is 0 Å². The van der Waals surface area contributed by atoms with Crippen LogP contribution in [0, 0.1) is 5.92 Å². The molecule has 0 aromatic rings. The highest BCUT2D eigenvalue weighted by Gasteiger charge is 2.31. The highest BCUT2D eigenvalue weighted by Crippen LogP contribution is 2.17. The Balaban J connectivity index is 1.89. The van der Waals surface area contributed by atoms with Gasteiger partial charge < -0.3 is 20.5 Å². The van der Waals surface area contributed by atoms with Gasteiger partial charge in [0.2, 0.25) is 11.8 Å². The average Bonchev–Trinajstić information content (AvgIpc) is 2.49. The first-order valence-corrected chi connectivity index (χ1v) is 7.55. The molecule has 2 rings (SSSR count). The number of hydrogen-bond acceptors (Lipinski definition) is 5. The molecule has 2 aliphatic rings. The third-order valence-corrected chi connectivity index (χ3v) is 4.35. The molecule has 7 nitrogen and oxygen atoms in total. The van der Waals surface area contributed by atoms with Gasteiger partial charge in [0.1, 0.15) is 0 Å². The van der Waals surface area contributed by atoms with Gasteiger partial charge in [-0.2, -0.15) is 0 Å². The molecule has 0 radical (unpaired) electrons. The summed E-state index contributed by atoms with van der Waals surface area (Å²) in [4.78, 5) is 27.4. The maximum atomic E-state index is 12.4. The van der Waals surface area contributed by atoms with E-state index in [9.17, 15) is 14.7 Å². The number of primary amides is 1. The minimum atomic E-state index is -0.326. The second-order valence-corrected chi connectivity index (χ2v) is 6.00. The summed E-state index contributed by atoms with van der Waals surface area (Å²) in [5.41, 5.74) is 5.34. The van der Waals surface area contributed by atoms with Gasteiger partial charge in [0.05, 0.1) is 31.8 Å². The Morgan fingerprint density at radius 1 is 1.38 bits per heavy atom. The Morgan fingerprint density at radius 3 is 2.81 bits per heavy atom. The van der Waals surface area contributed by atoms with E-state index in [0.29, 0.717) is 32.8 Å². The average molecular weight is 299 g/mol. The van der Waals surface area contributed by atoms with Crippen LogP contribution >= 0.6 is 0 Å². The van der Waals surface area contributed by atoms with Crippen LogP contribution < -0.4 is 5.73 Å². The number of hydrogen-bond donors (Lipinski definition) is 2. The van der Waals surface area contributed by atoms with Crippen LogP contribution in [-0.2, 0) is 14.3 Å². The SMILES string of the molecule is CC1COC(CO)CN1CC(=O)N1CCCC(C(N)=O)C1. The van der Waals surface area contributed by atoms with Crippen LogP contribution in [0.3, 0.4) is 0 Å². The number of ether oxygens (including phenoxy) is 1. The molecule has 0 saturated carbocycles. The number of aliphatic hydroxyl groups excluding tert-OH is 1. The summed E-state index contributed by atoms with van der Waals surface area (Å²) >= 11 is 0. The van der Waals surface area contributed by atoms with E-state index in [-0.39, 0.29) is 36.5 Å². The van der Waals surface area contributed by atoms with Crippen molar-refractivity contribution in [3.8, 4) is 0 Å². The fourth-order valence-electron chi connectivity index (χ4n) is 2.92. The lowest BCUT2D eigenvalue weighted by Gasteiger charge is -2.39. The quantitative estimate of drug-likeness (QED) is 0.679. The molecule has 3 N–H and O–H groups in total. The summed E-state index contributed by atoms with van der Waals surface area (Å²) in [6, 6.07) is 0.147. The van der Waals surface area contributed by atoms with E-state index in [1.165, 1.54) is 0 Å². The molecule has 3 unspecified atom stereocenters. The van der Waals surface area contributed by atoms with Gasteiger partial charge in [0, 0.05) is 25.7 Å². The molecule has 2 aliphatic heterocycles. The Hall–Kier alpha value is -1.18. The number of rotatable bonds is 4. The smallest absolute Gasteiger partial charge is 0.236 e. The van der Waals surface area contributed by atoms with Gasteiger partial charge in [0.25, 0.3) is 0 Å². The maximum Gasteiger partial charge on any atom is 0.236 e. The summed E-state index contributed by atoms with van der Waals surface area (Å²) in [5.74, 6) is -0.533. The first kappa shape index (κ1) is 16.2. The lowest BCUT2D eigenvalue weighted by Crippen LogP contribution is -2.54. The summed E-state index contributed by atoms with van der Waals surface area (Å²) in [6.07, 6.45) is 1.35. The van der Waals surface area contributed by atoms with Crippen LogP contribution in [0.2, 0.25) is 0 Å². The number of piperidine rings is 1. The van der Waals surface area contributed by atoms with Gasteiger partial charge in [0.15, 0.2) is 0 Å². The van der Waals surface area contributed by atoms with E-state index in [0.717, 1.165) is 12.8 Å². The fourth-order valence-corrected chi connectivity index (χ4v) is 2.92. The van der Waals surface area contributed by atoms with Crippen molar-refractivity contribution in [2.24, 2.45) is 11.7 Å². The van der Waals surface area contributed by atoms with Crippen LogP contribution in [0.4, 0.5) is 0 Å². The molecule has 120 valence electrons. The summed E-state index contributed by atoms with van der Waals surface area (Å²) < 4.78 is 5.47. The molecule has 0 bridgehead atoms. The maximum absolute atomic E-state index is 12.4. The molecule has 3 atom stereocenters. The number of nitrogens with zero attached hydrogens (tertiary/aromatic N) is 2. The van der Waals surface area contributed by atoms with E-state index in [1.807, 2.05) is 11.8 Å². The van der Waals surface area contributed by atoms with Gasteiger partial charge in [-0.05, 0) is 19.8 Å². The normalized spacial score (nSPS) is 31.1. The minimum absolute atomic E-state index is 0.0198. The van der Waals surface area contributed by atoms with E-state index in [2.05, 4.69) is 0 Å². The number of nitrogens with two attached hydrogens (primary N) is 1. The van der Waals surface area contributed by atoms with Crippen molar-refractivity contribution >= 4 is 11.8 Å². The van der Waals surface area contributed by atoms with Gasteiger partial charge >= 0.3 is 0 Å². The number of carbonyl (C=O) groups excluding carboxylic acids is 2.